The molecule has 134 valence electrons. The minimum atomic E-state index is -0.188. The number of thiophene rings is 1. The summed E-state index contributed by atoms with van der Waals surface area (Å²) in [4.78, 5) is 12.7. The summed E-state index contributed by atoms with van der Waals surface area (Å²) in [5, 5.41) is 7.20. The van der Waals surface area contributed by atoms with Crippen LogP contribution in [0.5, 0.6) is 0 Å². The molecule has 0 fully saturated rings. The molecule has 1 N–H and O–H groups in total. The van der Waals surface area contributed by atoms with Crippen molar-refractivity contribution in [1.82, 2.24) is 9.99 Å². The van der Waals surface area contributed by atoms with E-state index in [2.05, 4.69) is 58.4 Å². The van der Waals surface area contributed by atoms with Crippen molar-refractivity contribution in [3.63, 3.8) is 0 Å². The van der Waals surface area contributed by atoms with Crippen LogP contribution in [0.25, 0.3) is 10.9 Å². The average molecular weight is 373 g/mol. The third-order valence-corrected chi connectivity index (χ3v) is 5.44. The highest BCUT2D eigenvalue weighted by Crippen LogP contribution is 2.25. The summed E-state index contributed by atoms with van der Waals surface area (Å²) in [6.45, 7) is 2.88. The summed E-state index contributed by atoms with van der Waals surface area (Å²) in [5.74, 6) is -0.188. The van der Waals surface area contributed by atoms with Crippen molar-refractivity contribution in [2.75, 3.05) is 0 Å². The zero-order valence-electron chi connectivity index (χ0n) is 14.9. The molecule has 27 heavy (non-hydrogen) atoms. The number of hydrogen-bond acceptors (Lipinski definition) is 3. The van der Waals surface area contributed by atoms with Gasteiger partial charge in [0.05, 0.1) is 11.1 Å². The maximum absolute atomic E-state index is 12.1. The van der Waals surface area contributed by atoms with E-state index in [0.29, 0.717) is 4.88 Å². The summed E-state index contributed by atoms with van der Waals surface area (Å²) in [7, 11) is 0. The number of aromatic nitrogens is 1. The van der Waals surface area contributed by atoms with E-state index in [1.54, 1.807) is 12.3 Å². The van der Waals surface area contributed by atoms with Gasteiger partial charge in [-0.3, -0.25) is 4.79 Å². The summed E-state index contributed by atoms with van der Waals surface area (Å²) >= 11 is 1.40. The number of hydrazone groups is 1. The molecule has 0 atom stereocenters. The molecule has 4 aromatic rings. The number of carbonyl (C=O) groups excluding carboxylic acids is 1. The number of amides is 1. The third kappa shape index (κ3) is 3.55. The van der Waals surface area contributed by atoms with E-state index < -0.39 is 0 Å². The van der Waals surface area contributed by atoms with Gasteiger partial charge < -0.3 is 4.57 Å². The number of benzene rings is 2. The van der Waals surface area contributed by atoms with Crippen LogP contribution < -0.4 is 5.43 Å². The second-order valence-electron chi connectivity index (χ2n) is 6.26. The van der Waals surface area contributed by atoms with Gasteiger partial charge in [0, 0.05) is 28.7 Å². The normalized spacial score (nSPS) is 11.3. The van der Waals surface area contributed by atoms with Crippen molar-refractivity contribution in [3.8, 4) is 0 Å². The molecule has 2 heterocycles. The number of fused-ring (bicyclic) bond motifs is 1. The van der Waals surface area contributed by atoms with Crippen LogP contribution in [0, 0.1) is 6.92 Å². The first-order valence-electron chi connectivity index (χ1n) is 8.72. The standard InChI is InChI=1S/C22H19N3OS/c1-16-19(14-23-24-22(26)21-12-7-13-27-21)18-10-5-6-11-20(18)25(16)15-17-8-3-2-4-9-17/h2-14H,15H2,1H3,(H,24,26)/b23-14+. The predicted octanol–water partition coefficient (Wildman–Crippen LogP) is 4.82. The van der Waals surface area contributed by atoms with Gasteiger partial charge in [0.25, 0.3) is 5.91 Å². The minimum absolute atomic E-state index is 0.188. The molecule has 2 aromatic heterocycles. The maximum atomic E-state index is 12.1. The Balaban J connectivity index is 1.65. The highest BCUT2D eigenvalue weighted by atomic mass is 32.1. The molecule has 4 nitrogen and oxygen atoms in total. The van der Waals surface area contributed by atoms with E-state index in [1.165, 1.54) is 16.9 Å². The molecule has 0 spiro atoms. The van der Waals surface area contributed by atoms with E-state index in [0.717, 1.165) is 28.7 Å². The monoisotopic (exact) mass is 373 g/mol. The van der Waals surface area contributed by atoms with Crippen molar-refractivity contribution in [1.29, 1.82) is 0 Å². The lowest BCUT2D eigenvalue weighted by atomic mass is 10.1. The maximum Gasteiger partial charge on any atom is 0.281 e. The zero-order valence-corrected chi connectivity index (χ0v) is 15.7. The largest absolute Gasteiger partial charge is 0.340 e. The molecule has 0 unspecified atom stereocenters. The van der Waals surface area contributed by atoms with Gasteiger partial charge in [0.1, 0.15) is 0 Å². The Kier molecular flexibility index (Phi) is 4.85. The van der Waals surface area contributed by atoms with Gasteiger partial charge >= 0.3 is 0 Å². The van der Waals surface area contributed by atoms with Crippen molar-refractivity contribution in [2.45, 2.75) is 13.5 Å². The Morgan fingerprint density at radius 1 is 1.07 bits per heavy atom. The van der Waals surface area contributed by atoms with Crippen LogP contribution in [0.4, 0.5) is 0 Å². The smallest absolute Gasteiger partial charge is 0.281 e. The summed E-state index contributed by atoms with van der Waals surface area (Å²) in [5.41, 5.74) is 7.16. The van der Waals surface area contributed by atoms with Gasteiger partial charge in [-0.05, 0) is 30.0 Å². The van der Waals surface area contributed by atoms with E-state index in [9.17, 15) is 4.79 Å². The third-order valence-electron chi connectivity index (χ3n) is 4.57. The first-order chi connectivity index (χ1) is 13.2. The van der Waals surface area contributed by atoms with Crippen molar-refractivity contribution >= 4 is 34.4 Å². The molecule has 0 aliphatic rings. The molecule has 0 saturated heterocycles. The van der Waals surface area contributed by atoms with Gasteiger partial charge in [-0.25, -0.2) is 5.43 Å². The fraction of sp³-hybridized carbons (Fsp3) is 0.0909. The highest BCUT2D eigenvalue weighted by Gasteiger charge is 2.13. The van der Waals surface area contributed by atoms with Crippen LogP contribution in [-0.2, 0) is 6.54 Å². The minimum Gasteiger partial charge on any atom is -0.340 e. The lowest BCUT2D eigenvalue weighted by Gasteiger charge is -2.08. The quantitative estimate of drug-likeness (QED) is 0.395. The first kappa shape index (κ1) is 17.2. The van der Waals surface area contributed by atoms with E-state index in [4.69, 9.17) is 0 Å². The lowest BCUT2D eigenvalue weighted by Crippen LogP contribution is -2.16. The summed E-state index contributed by atoms with van der Waals surface area (Å²) < 4.78 is 2.28. The molecule has 1 amide bonds. The molecule has 5 heteroatoms. The Morgan fingerprint density at radius 3 is 2.63 bits per heavy atom. The van der Waals surface area contributed by atoms with Crippen LogP contribution in [0.15, 0.2) is 77.2 Å². The van der Waals surface area contributed by atoms with E-state index >= 15 is 0 Å². The number of nitrogens with one attached hydrogen (secondary N) is 1. The molecule has 0 aliphatic carbocycles. The topological polar surface area (TPSA) is 46.4 Å². The molecule has 2 aromatic carbocycles. The Bertz CT molecular complexity index is 1100. The van der Waals surface area contributed by atoms with Gasteiger partial charge in [0.15, 0.2) is 0 Å². The number of nitrogens with zero attached hydrogens (tertiary/aromatic N) is 2. The number of para-hydroxylation sites is 1. The van der Waals surface area contributed by atoms with Gasteiger partial charge in [-0.1, -0.05) is 54.6 Å². The fourth-order valence-corrected chi connectivity index (χ4v) is 3.82. The van der Waals surface area contributed by atoms with Crippen molar-refractivity contribution < 1.29 is 4.79 Å². The Labute approximate surface area is 161 Å². The van der Waals surface area contributed by atoms with Crippen LogP contribution in [0.2, 0.25) is 0 Å². The SMILES string of the molecule is Cc1c(/C=N/NC(=O)c2cccs2)c2ccccc2n1Cc1ccccc1. The van der Waals surface area contributed by atoms with Gasteiger partial charge in [-0.2, -0.15) is 5.10 Å². The predicted molar refractivity (Wildman–Crippen MR) is 112 cm³/mol. The van der Waals surface area contributed by atoms with Crippen LogP contribution in [-0.4, -0.2) is 16.7 Å². The number of carbonyl (C=O) groups is 1. The average Bonchev–Trinajstić information content (AvgIpc) is 3.32. The number of rotatable bonds is 5. The Hall–Kier alpha value is -3.18. The van der Waals surface area contributed by atoms with Gasteiger partial charge in [0.2, 0.25) is 0 Å². The fourth-order valence-electron chi connectivity index (χ4n) is 3.21. The first-order valence-corrected chi connectivity index (χ1v) is 9.60. The van der Waals surface area contributed by atoms with E-state index in [-0.39, 0.29) is 5.91 Å². The van der Waals surface area contributed by atoms with Crippen LogP contribution in [0.3, 0.4) is 0 Å². The zero-order chi connectivity index (χ0) is 18.6. The summed E-state index contributed by atoms with van der Waals surface area (Å²) in [6.07, 6.45) is 1.74. The molecule has 0 aliphatic heterocycles. The molecular weight excluding hydrogens is 354 g/mol. The molecule has 0 bridgehead atoms. The van der Waals surface area contributed by atoms with Crippen molar-refractivity contribution in [2.24, 2.45) is 5.10 Å². The lowest BCUT2D eigenvalue weighted by molar-refractivity contribution is 0.0959. The second-order valence-corrected chi connectivity index (χ2v) is 7.21. The van der Waals surface area contributed by atoms with Crippen LogP contribution >= 0.6 is 11.3 Å². The van der Waals surface area contributed by atoms with Crippen molar-refractivity contribution in [3.05, 3.63) is 93.8 Å². The van der Waals surface area contributed by atoms with E-state index in [1.807, 2.05) is 29.6 Å². The van der Waals surface area contributed by atoms with Gasteiger partial charge in [-0.15, -0.1) is 11.3 Å². The second kappa shape index (κ2) is 7.60. The Morgan fingerprint density at radius 2 is 1.85 bits per heavy atom. The molecule has 0 saturated carbocycles. The molecule has 0 radical (unpaired) electrons. The summed E-state index contributed by atoms with van der Waals surface area (Å²) in [6, 6.07) is 22.3. The number of hydrogen-bond donors (Lipinski definition) is 1. The van der Waals surface area contributed by atoms with Crippen LogP contribution in [0.1, 0.15) is 26.5 Å². The molecular formula is C22H19N3OS. The molecule has 4 rings (SSSR count). The highest BCUT2D eigenvalue weighted by molar-refractivity contribution is 7.12.